The fraction of sp³-hybridized carbons (Fsp3) is 0.933. The average molecular weight is 293 g/mol. The molecule has 0 rings (SSSR count). The van der Waals surface area contributed by atoms with E-state index in [-0.39, 0.29) is 24.4 Å². The standard InChI is InChI=1S/C15H32N2O.ClH/c1-11(2)9-13(5)10-15(18)17(6)8-7-14(16)12(3)4;/h11-14H,7-10,16H2,1-6H3;1H. The summed E-state index contributed by atoms with van der Waals surface area (Å²) in [6.07, 6.45) is 2.66. The van der Waals surface area contributed by atoms with Gasteiger partial charge in [0.25, 0.3) is 0 Å². The lowest BCUT2D eigenvalue weighted by Crippen LogP contribution is -2.35. The van der Waals surface area contributed by atoms with Gasteiger partial charge in [0.1, 0.15) is 0 Å². The van der Waals surface area contributed by atoms with Crippen LogP contribution < -0.4 is 5.73 Å². The molecule has 0 aromatic heterocycles. The number of hydrogen-bond donors (Lipinski definition) is 1. The molecule has 0 radical (unpaired) electrons. The third kappa shape index (κ3) is 10.2. The Morgan fingerprint density at radius 3 is 2.11 bits per heavy atom. The molecule has 0 saturated heterocycles. The maximum Gasteiger partial charge on any atom is 0.222 e. The Bertz CT molecular complexity index is 244. The van der Waals surface area contributed by atoms with Crippen molar-refractivity contribution in [1.82, 2.24) is 4.90 Å². The summed E-state index contributed by atoms with van der Waals surface area (Å²) in [6.45, 7) is 11.6. The lowest BCUT2D eigenvalue weighted by atomic mass is 9.95. The Kier molecular flexibility index (Phi) is 11.6. The van der Waals surface area contributed by atoms with Crippen molar-refractivity contribution in [3.05, 3.63) is 0 Å². The number of rotatable bonds is 8. The molecule has 0 saturated carbocycles. The molecule has 0 fully saturated rings. The number of halogens is 1. The first-order chi connectivity index (χ1) is 8.23. The smallest absolute Gasteiger partial charge is 0.222 e. The summed E-state index contributed by atoms with van der Waals surface area (Å²) in [5, 5.41) is 0. The Morgan fingerprint density at radius 2 is 1.68 bits per heavy atom. The van der Waals surface area contributed by atoms with Gasteiger partial charge in [-0.25, -0.2) is 0 Å². The molecule has 116 valence electrons. The van der Waals surface area contributed by atoms with Crippen molar-refractivity contribution in [3.63, 3.8) is 0 Å². The highest BCUT2D eigenvalue weighted by Crippen LogP contribution is 2.15. The van der Waals surface area contributed by atoms with E-state index < -0.39 is 0 Å². The molecule has 2 N–H and O–H groups in total. The molecule has 0 aliphatic rings. The molecule has 0 aliphatic carbocycles. The third-order valence-electron chi connectivity index (χ3n) is 3.48. The van der Waals surface area contributed by atoms with Crippen molar-refractivity contribution in [3.8, 4) is 0 Å². The van der Waals surface area contributed by atoms with Gasteiger partial charge in [0, 0.05) is 26.1 Å². The van der Waals surface area contributed by atoms with Crippen LogP contribution in [-0.2, 0) is 4.79 Å². The molecule has 0 aromatic carbocycles. The highest BCUT2D eigenvalue weighted by molar-refractivity contribution is 5.85. The van der Waals surface area contributed by atoms with Crippen LogP contribution in [-0.4, -0.2) is 30.4 Å². The predicted octanol–water partition coefficient (Wildman–Crippen LogP) is 3.31. The van der Waals surface area contributed by atoms with E-state index in [2.05, 4.69) is 34.6 Å². The van der Waals surface area contributed by atoms with Crippen LogP contribution in [0.25, 0.3) is 0 Å². The van der Waals surface area contributed by atoms with Crippen molar-refractivity contribution < 1.29 is 4.79 Å². The molecular formula is C15H33ClN2O. The van der Waals surface area contributed by atoms with Crippen LogP contribution in [0.3, 0.4) is 0 Å². The number of amides is 1. The van der Waals surface area contributed by atoms with Gasteiger partial charge in [-0.2, -0.15) is 0 Å². The minimum Gasteiger partial charge on any atom is -0.346 e. The van der Waals surface area contributed by atoms with Crippen molar-refractivity contribution in [2.45, 2.75) is 59.9 Å². The zero-order chi connectivity index (χ0) is 14.3. The van der Waals surface area contributed by atoms with Crippen molar-refractivity contribution in [2.24, 2.45) is 23.5 Å². The first-order valence-electron chi connectivity index (χ1n) is 7.23. The average Bonchev–Trinajstić information content (AvgIpc) is 2.23. The van der Waals surface area contributed by atoms with Crippen LogP contribution in [0.15, 0.2) is 0 Å². The lowest BCUT2D eigenvalue weighted by Gasteiger charge is -2.23. The normalized spacial score (nSPS) is 14.2. The van der Waals surface area contributed by atoms with Crippen LogP contribution >= 0.6 is 12.4 Å². The zero-order valence-corrected chi connectivity index (χ0v) is 14.3. The van der Waals surface area contributed by atoms with Gasteiger partial charge >= 0.3 is 0 Å². The second-order valence-corrected chi connectivity index (χ2v) is 6.45. The molecule has 2 atom stereocenters. The van der Waals surface area contributed by atoms with Crippen LogP contribution in [0.1, 0.15) is 53.9 Å². The van der Waals surface area contributed by atoms with E-state index in [1.54, 1.807) is 0 Å². The van der Waals surface area contributed by atoms with Gasteiger partial charge in [0.05, 0.1) is 0 Å². The highest BCUT2D eigenvalue weighted by atomic mass is 35.5. The van der Waals surface area contributed by atoms with E-state index in [4.69, 9.17) is 5.73 Å². The largest absolute Gasteiger partial charge is 0.346 e. The monoisotopic (exact) mass is 292 g/mol. The maximum absolute atomic E-state index is 12.0. The summed E-state index contributed by atoms with van der Waals surface area (Å²) in [4.78, 5) is 13.8. The van der Waals surface area contributed by atoms with E-state index in [9.17, 15) is 4.79 Å². The topological polar surface area (TPSA) is 46.3 Å². The second kappa shape index (κ2) is 10.5. The quantitative estimate of drug-likeness (QED) is 0.746. The minimum atomic E-state index is 0. The Morgan fingerprint density at radius 1 is 1.16 bits per heavy atom. The van der Waals surface area contributed by atoms with E-state index >= 15 is 0 Å². The van der Waals surface area contributed by atoms with Crippen LogP contribution in [0.2, 0.25) is 0 Å². The number of carbonyl (C=O) groups excluding carboxylic acids is 1. The Hall–Kier alpha value is -0.280. The highest BCUT2D eigenvalue weighted by Gasteiger charge is 2.16. The Labute approximate surface area is 125 Å². The Balaban J connectivity index is 0. The van der Waals surface area contributed by atoms with E-state index in [1.807, 2.05) is 11.9 Å². The molecule has 0 bridgehead atoms. The third-order valence-corrected chi connectivity index (χ3v) is 3.48. The van der Waals surface area contributed by atoms with Crippen molar-refractivity contribution in [1.29, 1.82) is 0 Å². The van der Waals surface area contributed by atoms with Gasteiger partial charge in [-0.3, -0.25) is 4.79 Å². The molecule has 0 heterocycles. The number of nitrogens with zero attached hydrogens (tertiary/aromatic N) is 1. The number of hydrogen-bond acceptors (Lipinski definition) is 2. The van der Waals surface area contributed by atoms with Gasteiger partial charge in [0.2, 0.25) is 5.91 Å². The molecule has 0 aliphatic heterocycles. The molecule has 3 nitrogen and oxygen atoms in total. The molecular weight excluding hydrogens is 260 g/mol. The van der Waals surface area contributed by atoms with Crippen molar-refractivity contribution >= 4 is 18.3 Å². The molecule has 4 heteroatoms. The number of carbonyl (C=O) groups is 1. The summed E-state index contributed by atoms with van der Waals surface area (Å²) >= 11 is 0. The number of nitrogens with two attached hydrogens (primary N) is 1. The summed E-state index contributed by atoms with van der Waals surface area (Å²) in [5.41, 5.74) is 5.99. The minimum absolute atomic E-state index is 0. The fourth-order valence-corrected chi connectivity index (χ4v) is 2.14. The van der Waals surface area contributed by atoms with Crippen LogP contribution in [0.5, 0.6) is 0 Å². The predicted molar refractivity (Wildman–Crippen MR) is 85.6 cm³/mol. The summed E-state index contributed by atoms with van der Waals surface area (Å²) in [7, 11) is 1.89. The molecule has 19 heavy (non-hydrogen) atoms. The molecule has 2 unspecified atom stereocenters. The summed E-state index contributed by atoms with van der Waals surface area (Å²) < 4.78 is 0. The van der Waals surface area contributed by atoms with E-state index in [1.165, 1.54) is 0 Å². The molecule has 0 spiro atoms. The molecule has 1 amide bonds. The first-order valence-corrected chi connectivity index (χ1v) is 7.23. The second-order valence-electron chi connectivity index (χ2n) is 6.45. The summed E-state index contributed by atoms with van der Waals surface area (Å²) in [6, 6.07) is 0.188. The maximum atomic E-state index is 12.0. The first kappa shape index (κ1) is 21.0. The van der Waals surface area contributed by atoms with E-state index in [0.29, 0.717) is 24.2 Å². The van der Waals surface area contributed by atoms with Crippen LogP contribution in [0, 0.1) is 17.8 Å². The lowest BCUT2D eigenvalue weighted by molar-refractivity contribution is -0.131. The van der Waals surface area contributed by atoms with Crippen LogP contribution in [0.4, 0.5) is 0 Å². The summed E-state index contributed by atoms with van der Waals surface area (Å²) in [5.74, 6) is 1.86. The van der Waals surface area contributed by atoms with Gasteiger partial charge in [-0.1, -0.05) is 34.6 Å². The SMILES string of the molecule is CC(C)CC(C)CC(=O)N(C)CCC(N)C(C)C.Cl. The molecule has 0 aromatic rings. The fourth-order valence-electron chi connectivity index (χ4n) is 2.14. The van der Waals surface area contributed by atoms with Gasteiger partial charge in [-0.05, 0) is 30.6 Å². The van der Waals surface area contributed by atoms with E-state index in [0.717, 1.165) is 19.4 Å². The van der Waals surface area contributed by atoms with Gasteiger partial charge < -0.3 is 10.6 Å². The van der Waals surface area contributed by atoms with Gasteiger partial charge in [0.15, 0.2) is 0 Å². The van der Waals surface area contributed by atoms with Gasteiger partial charge in [-0.15, -0.1) is 12.4 Å². The zero-order valence-electron chi connectivity index (χ0n) is 13.5. The van der Waals surface area contributed by atoms with Crippen molar-refractivity contribution in [2.75, 3.05) is 13.6 Å².